The summed E-state index contributed by atoms with van der Waals surface area (Å²) in [5, 5.41) is 15.3. The Morgan fingerprint density at radius 3 is 2.41 bits per heavy atom. The maximum absolute atomic E-state index is 12.9. The molecule has 2 saturated heterocycles. The first-order chi connectivity index (χ1) is 12.6. The molecule has 144 valence electrons. The zero-order valence-corrected chi connectivity index (χ0v) is 18.1. The van der Waals surface area contributed by atoms with Crippen LogP contribution in [0.5, 0.6) is 0 Å². The number of benzene rings is 1. The second-order valence-corrected chi connectivity index (χ2v) is 9.65. The van der Waals surface area contributed by atoms with Gasteiger partial charge in [-0.3, -0.25) is 4.79 Å². The zero-order valence-electron chi connectivity index (χ0n) is 15.7. The Bertz CT molecular complexity index is 1010. The summed E-state index contributed by atoms with van der Waals surface area (Å²) in [4.78, 5) is 27.0. The molecular formula is C19H25N3O3P2. The molecule has 2 aromatic rings. The molecule has 2 fully saturated rings. The van der Waals surface area contributed by atoms with E-state index in [9.17, 15) is 14.7 Å². The van der Waals surface area contributed by atoms with E-state index in [1.54, 1.807) is 0 Å². The van der Waals surface area contributed by atoms with E-state index in [1.807, 2.05) is 31.4 Å². The number of pyridine rings is 1. The van der Waals surface area contributed by atoms with Crippen LogP contribution in [0.25, 0.3) is 10.9 Å². The van der Waals surface area contributed by atoms with Gasteiger partial charge in [-0.15, -0.1) is 18.5 Å². The number of hydrogen-bond acceptors (Lipinski definition) is 4. The molecule has 4 rings (SSSR count). The van der Waals surface area contributed by atoms with Gasteiger partial charge in [-0.05, 0) is 38.6 Å². The predicted molar refractivity (Wildman–Crippen MR) is 116 cm³/mol. The first-order valence-electron chi connectivity index (χ1n) is 9.11. The zero-order chi connectivity index (χ0) is 19.7. The van der Waals surface area contributed by atoms with Crippen LogP contribution in [-0.4, -0.2) is 40.8 Å². The van der Waals surface area contributed by atoms with Crippen LogP contribution in [0.2, 0.25) is 0 Å². The fourth-order valence-corrected chi connectivity index (χ4v) is 5.60. The van der Waals surface area contributed by atoms with Crippen molar-refractivity contribution < 1.29 is 9.90 Å². The fraction of sp³-hybridized carbons (Fsp3) is 0.474. The van der Waals surface area contributed by atoms with Crippen LogP contribution in [0.4, 0.5) is 5.69 Å². The number of carboxylic acids is 1. The first kappa shape index (κ1) is 18.9. The van der Waals surface area contributed by atoms with Gasteiger partial charge in [-0.2, -0.15) is 0 Å². The van der Waals surface area contributed by atoms with Gasteiger partial charge >= 0.3 is 5.97 Å². The third-order valence-electron chi connectivity index (χ3n) is 5.63. The van der Waals surface area contributed by atoms with Crippen molar-refractivity contribution in [2.45, 2.75) is 44.8 Å². The third kappa shape index (κ3) is 2.81. The number of aromatic carboxylic acids is 1. The molecule has 2 aliphatic heterocycles. The standard InChI is InChI=1S/C19H25N3O3P2/c1-19(2,3)21-8-12(18(24)25)16(23)11-5-13(26)15(17(27)14(11)21)22-9-4-10(22)7-20-6-9/h5,8-10,20H,4,6-7,26-27H2,1-3H3,(H,24,25). The van der Waals surface area contributed by atoms with Gasteiger partial charge in [-0.25, -0.2) is 4.79 Å². The summed E-state index contributed by atoms with van der Waals surface area (Å²) in [6.07, 6.45) is 2.68. The van der Waals surface area contributed by atoms with Crippen LogP contribution in [0.1, 0.15) is 37.6 Å². The molecule has 1 aromatic carbocycles. The average Bonchev–Trinajstić information content (AvgIpc) is 2.58. The highest BCUT2D eigenvalue weighted by molar-refractivity contribution is 7.31. The fourth-order valence-electron chi connectivity index (χ4n) is 4.35. The minimum absolute atomic E-state index is 0.191. The number of piperidine rings is 1. The highest BCUT2D eigenvalue weighted by atomic mass is 31.0. The second-order valence-electron chi connectivity index (χ2n) is 8.45. The summed E-state index contributed by atoms with van der Waals surface area (Å²) in [7, 11) is 5.56. The van der Waals surface area contributed by atoms with Crippen LogP contribution in [-0.2, 0) is 5.54 Å². The van der Waals surface area contributed by atoms with Gasteiger partial charge < -0.3 is 19.9 Å². The van der Waals surface area contributed by atoms with Gasteiger partial charge in [0.25, 0.3) is 0 Å². The van der Waals surface area contributed by atoms with E-state index < -0.39 is 11.4 Å². The van der Waals surface area contributed by atoms with Crippen molar-refractivity contribution in [1.29, 1.82) is 0 Å². The van der Waals surface area contributed by atoms with Gasteiger partial charge in [-0.1, -0.05) is 0 Å². The molecule has 0 amide bonds. The number of anilines is 1. The number of piperazine rings is 1. The van der Waals surface area contributed by atoms with Crippen LogP contribution in [0.15, 0.2) is 17.1 Å². The molecule has 1 aromatic heterocycles. The van der Waals surface area contributed by atoms with E-state index in [1.165, 1.54) is 12.6 Å². The largest absolute Gasteiger partial charge is 0.477 e. The average molecular weight is 405 g/mol. The summed E-state index contributed by atoms with van der Waals surface area (Å²) in [5.74, 6) is -1.19. The van der Waals surface area contributed by atoms with Gasteiger partial charge in [0.2, 0.25) is 5.43 Å². The van der Waals surface area contributed by atoms with Crippen molar-refractivity contribution in [3.63, 3.8) is 0 Å². The van der Waals surface area contributed by atoms with Crippen molar-refractivity contribution in [1.82, 2.24) is 9.88 Å². The predicted octanol–water partition coefficient (Wildman–Crippen LogP) is 1.01. The van der Waals surface area contributed by atoms with E-state index in [0.29, 0.717) is 17.5 Å². The Hall–Kier alpha value is -1.48. The maximum Gasteiger partial charge on any atom is 0.341 e. The normalized spacial score (nSPS) is 22.0. The van der Waals surface area contributed by atoms with Crippen molar-refractivity contribution >= 4 is 51.6 Å². The van der Waals surface area contributed by atoms with Crippen molar-refractivity contribution in [3.8, 4) is 0 Å². The lowest BCUT2D eigenvalue weighted by atomic mass is 9.87. The molecule has 0 spiro atoms. The van der Waals surface area contributed by atoms with Crippen molar-refractivity contribution in [2.75, 3.05) is 18.0 Å². The second kappa shape index (κ2) is 6.27. The summed E-state index contributed by atoms with van der Waals surface area (Å²) in [5.41, 5.74) is 0.932. The lowest BCUT2D eigenvalue weighted by Gasteiger charge is -2.55. The van der Waals surface area contributed by atoms with E-state index in [2.05, 4.69) is 28.7 Å². The van der Waals surface area contributed by atoms with Crippen LogP contribution >= 0.6 is 18.5 Å². The molecule has 0 radical (unpaired) electrons. The Kier molecular flexibility index (Phi) is 4.38. The molecule has 8 heteroatoms. The molecule has 4 unspecified atom stereocenters. The molecule has 2 aliphatic rings. The Morgan fingerprint density at radius 2 is 1.89 bits per heavy atom. The van der Waals surface area contributed by atoms with E-state index in [-0.39, 0.29) is 11.1 Å². The van der Waals surface area contributed by atoms with Crippen molar-refractivity contribution in [3.05, 3.63) is 28.0 Å². The quantitative estimate of drug-likeness (QED) is 0.730. The molecule has 3 heterocycles. The third-order valence-corrected chi connectivity index (χ3v) is 6.62. The smallest absolute Gasteiger partial charge is 0.341 e. The topological polar surface area (TPSA) is 74.6 Å². The molecular weight excluding hydrogens is 380 g/mol. The van der Waals surface area contributed by atoms with Crippen LogP contribution in [0.3, 0.4) is 0 Å². The molecule has 0 saturated carbocycles. The Labute approximate surface area is 162 Å². The first-order valence-corrected chi connectivity index (χ1v) is 10.3. The summed E-state index contributed by atoms with van der Waals surface area (Å²) in [6, 6.07) is 2.77. The molecule has 6 nitrogen and oxygen atoms in total. The SMILES string of the molecule is CC(C)(C)n1cc(C(=O)O)c(=O)c2cc(P)c(N3C4CNCC3C4)c(P)c21. The van der Waals surface area contributed by atoms with E-state index >= 15 is 0 Å². The van der Waals surface area contributed by atoms with E-state index in [0.717, 1.165) is 34.9 Å². The number of carbonyl (C=O) groups is 1. The van der Waals surface area contributed by atoms with Gasteiger partial charge in [0.15, 0.2) is 0 Å². The lowest BCUT2D eigenvalue weighted by Crippen LogP contribution is -2.69. The number of carboxylic acid groups (broad SMARTS) is 1. The number of aromatic nitrogens is 1. The minimum Gasteiger partial charge on any atom is -0.477 e. The number of rotatable bonds is 2. The maximum atomic E-state index is 12.9. The highest BCUT2D eigenvalue weighted by Gasteiger charge is 2.43. The molecule has 2 N–H and O–H groups in total. The summed E-state index contributed by atoms with van der Waals surface area (Å²) >= 11 is 0. The van der Waals surface area contributed by atoms with Crippen LogP contribution < -0.4 is 26.3 Å². The van der Waals surface area contributed by atoms with Crippen LogP contribution in [0, 0.1) is 0 Å². The Morgan fingerprint density at radius 1 is 1.26 bits per heavy atom. The van der Waals surface area contributed by atoms with Crippen molar-refractivity contribution in [2.24, 2.45) is 0 Å². The highest BCUT2D eigenvalue weighted by Crippen LogP contribution is 2.36. The monoisotopic (exact) mass is 405 g/mol. The Balaban J connectivity index is 2.06. The number of hydrogen-bond donors (Lipinski definition) is 2. The number of fused-ring (bicyclic) bond motifs is 3. The molecule has 4 atom stereocenters. The van der Waals surface area contributed by atoms with Gasteiger partial charge in [0.05, 0.1) is 11.2 Å². The minimum atomic E-state index is -1.19. The summed E-state index contributed by atoms with van der Waals surface area (Å²) < 4.78 is 1.93. The van der Waals surface area contributed by atoms with Gasteiger partial charge in [0, 0.05) is 47.6 Å². The molecule has 0 aliphatic carbocycles. The molecule has 27 heavy (non-hydrogen) atoms. The van der Waals surface area contributed by atoms with E-state index in [4.69, 9.17) is 0 Å². The number of nitrogens with zero attached hydrogens (tertiary/aromatic N) is 2. The summed E-state index contributed by atoms with van der Waals surface area (Å²) in [6.45, 7) is 7.98. The van der Waals surface area contributed by atoms with Gasteiger partial charge in [0.1, 0.15) is 5.56 Å². The molecule has 2 bridgehead atoms. The number of nitrogens with one attached hydrogen (secondary N) is 1. The lowest BCUT2D eigenvalue weighted by molar-refractivity contribution is 0.0694.